The van der Waals surface area contributed by atoms with Crippen LogP contribution >= 0.6 is 0 Å². The maximum Gasteiger partial charge on any atom is 0.243 e. The molecular formula is C13H13N3O3S. The van der Waals surface area contributed by atoms with Crippen molar-refractivity contribution in [1.29, 1.82) is 10.5 Å². The minimum Gasteiger partial charge on any atom is -0.361 e. The van der Waals surface area contributed by atoms with Crippen molar-refractivity contribution in [2.45, 2.75) is 17.9 Å². The van der Waals surface area contributed by atoms with Gasteiger partial charge in [-0.3, -0.25) is 0 Å². The molecule has 7 heteroatoms. The van der Waals surface area contributed by atoms with E-state index in [0.717, 1.165) is 0 Å². The van der Waals surface area contributed by atoms with Crippen molar-refractivity contribution < 1.29 is 13.2 Å². The Morgan fingerprint density at radius 2 is 2.15 bits per heavy atom. The smallest absolute Gasteiger partial charge is 0.243 e. The van der Waals surface area contributed by atoms with Crippen molar-refractivity contribution in [2.75, 3.05) is 19.7 Å². The average molecular weight is 291 g/mol. The predicted octanol–water partition coefficient (Wildman–Crippen LogP) is 0.780. The third-order valence-corrected chi connectivity index (χ3v) is 4.99. The van der Waals surface area contributed by atoms with Crippen LogP contribution < -0.4 is 0 Å². The Labute approximate surface area is 117 Å². The van der Waals surface area contributed by atoms with Gasteiger partial charge in [-0.05, 0) is 30.7 Å². The molecule has 0 saturated carbocycles. The van der Waals surface area contributed by atoms with E-state index in [1.54, 1.807) is 6.92 Å². The molecule has 0 spiro atoms. The number of morpholine rings is 1. The van der Waals surface area contributed by atoms with E-state index in [0.29, 0.717) is 11.1 Å². The van der Waals surface area contributed by atoms with E-state index in [1.807, 2.05) is 12.1 Å². The molecule has 6 nitrogen and oxygen atoms in total. The van der Waals surface area contributed by atoms with E-state index in [-0.39, 0.29) is 24.6 Å². The second kappa shape index (κ2) is 5.59. The molecular weight excluding hydrogens is 278 g/mol. The summed E-state index contributed by atoms with van der Waals surface area (Å²) in [6.45, 7) is 2.14. The first kappa shape index (κ1) is 14.5. The lowest BCUT2D eigenvalue weighted by Crippen LogP contribution is -2.45. The first-order valence-electron chi connectivity index (χ1n) is 6.01. The van der Waals surface area contributed by atoms with E-state index in [9.17, 15) is 8.42 Å². The molecule has 0 aromatic heterocycles. The summed E-state index contributed by atoms with van der Waals surface area (Å²) in [4.78, 5) is 0.132. The minimum atomic E-state index is -3.66. The summed E-state index contributed by atoms with van der Waals surface area (Å²) in [5, 5.41) is 17.7. The van der Waals surface area contributed by atoms with Crippen molar-refractivity contribution in [2.24, 2.45) is 0 Å². The number of hydrogen-bond acceptors (Lipinski definition) is 5. The van der Waals surface area contributed by atoms with Crippen molar-refractivity contribution in [3.05, 3.63) is 29.3 Å². The molecule has 0 bridgehead atoms. The quantitative estimate of drug-likeness (QED) is 0.802. The van der Waals surface area contributed by atoms with Crippen molar-refractivity contribution in [3.8, 4) is 12.1 Å². The lowest BCUT2D eigenvalue weighted by molar-refractivity contribution is 0.0311. The van der Waals surface area contributed by atoms with Crippen molar-refractivity contribution in [1.82, 2.24) is 4.31 Å². The maximum absolute atomic E-state index is 12.5. The van der Waals surface area contributed by atoms with Gasteiger partial charge in [0.25, 0.3) is 0 Å². The van der Waals surface area contributed by atoms with E-state index in [1.165, 1.54) is 22.5 Å². The zero-order valence-electron chi connectivity index (χ0n) is 10.9. The second-order valence-corrected chi connectivity index (χ2v) is 6.38. The summed E-state index contributed by atoms with van der Waals surface area (Å²) in [6.07, 6.45) is -0.738. The molecule has 1 aliphatic heterocycles. The minimum absolute atomic E-state index is 0.0257. The molecule has 1 saturated heterocycles. The van der Waals surface area contributed by atoms with Crippen LogP contribution in [0.3, 0.4) is 0 Å². The topological polar surface area (TPSA) is 94.2 Å². The molecule has 0 N–H and O–H groups in total. The third kappa shape index (κ3) is 2.66. The van der Waals surface area contributed by atoms with Crippen LogP contribution in [0.2, 0.25) is 0 Å². The highest BCUT2D eigenvalue weighted by Crippen LogP contribution is 2.21. The van der Waals surface area contributed by atoms with Crippen LogP contribution in [0.5, 0.6) is 0 Å². The van der Waals surface area contributed by atoms with E-state index in [4.69, 9.17) is 15.3 Å². The summed E-state index contributed by atoms with van der Waals surface area (Å²) >= 11 is 0. The highest BCUT2D eigenvalue weighted by atomic mass is 32.2. The van der Waals surface area contributed by atoms with Gasteiger partial charge in [-0.1, -0.05) is 0 Å². The fraction of sp³-hybridized carbons (Fsp3) is 0.385. The number of hydrogen-bond donors (Lipinski definition) is 0. The van der Waals surface area contributed by atoms with Gasteiger partial charge >= 0.3 is 0 Å². The second-order valence-electron chi connectivity index (χ2n) is 4.44. The number of rotatable bonds is 2. The van der Waals surface area contributed by atoms with E-state index < -0.39 is 16.1 Å². The number of sulfonamides is 1. The summed E-state index contributed by atoms with van der Waals surface area (Å²) in [5.41, 5.74) is 1.06. The number of benzene rings is 1. The SMILES string of the molecule is Cc1cc(S(=O)(=O)N2CCOC(C#N)C2)ccc1C#N. The van der Waals surface area contributed by atoms with Crippen LogP contribution in [-0.2, 0) is 14.8 Å². The van der Waals surface area contributed by atoms with Gasteiger partial charge in [0.2, 0.25) is 10.0 Å². The number of ether oxygens (including phenoxy) is 1. The van der Waals surface area contributed by atoms with Crippen LogP contribution in [0.25, 0.3) is 0 Å². The molecule has 1 atom stereocenters. The molecule has 1 aromatic carbocycles. The largest absolute Gasteiger partial charge is 0.361 e. The average Bonchev–Trinajstić information content (AvgIpc) is 2.47. The van der Waals surface area contributed by atoms with Gasteiger partial charge in [-0.15, -0.1) is 0 Å². The summed E-state index contributed by atoms with van der Waals surface area (Å²) in [7, 11) is -3.66. The molecule has 2 rings (SSSR count). The Bertz CT molecular complexity index is 701. The molecule has 1 heterocycles. The van der Waals surface area contributed by atoms with Crippen LogP contribution in [0, 0.1) is 29.6 Å². The molecule has 0 aliphatic carbocycles. The lowest BCUT2D eigenvalue weighted by atomic mass is 10.1. The first-order chi connectivity index (χ1) is 9.48. The Balaban J connectivity index is 2.33. The Morgan fingerprint density at radius 1 is 1.40 bits per heavy atom. The van der Waals surface area contributed by atoms with Crippen molar-refractivity contribution in [3.63, 3.8) is 0 Å². The molecule has 0 radical (unpaired) electrons. The number of nitriles is 2. The molecule has 0 amide bonds. The van der Waals surface area contributed by atoms with Gasteiger partial charge in [0.05, 0.1) is 35.7 Å². The van der Waals surface area contributed by atoms with Crippen LogP contribution in [-0.4, -0.2) is 38.5 Å². The van der Waals surface area contributed by atoms with Gasteiger partial charge in [0.1, 0.15) is 0 Å². The van der Waals surface area contributed by atoms with E-state index in [2.05, 4.69) is 0 Å². The fourth-order valence-electron chi connectivity index (χ4n) is 1.99. The van der Waals surface area contributed by atoms with Crippen LogP contribution in [0.15, 0.2) is 23.1 Å². The summed E-state index contributed by atoms with van der Waals surface area (Å²) in [6, 6.07) is 8.30. The van der Waals surface area contributed by atoms with Crippen LogP contribution in [0.4, 0.5) is 0 Å². The van der Waals surface area contributed by atoms with Crippen LogP contribution in [0.1, 0.15) is 11.1 Å². The van der Waals surface area contributed by atoms with Gasteiger partial charge in [0, 0.05) is 6.54 Å². The zero-order chi connectivity index (χ0) is 14.8. The normalized spacial score (nSPS) is 20.1. The van der Waals surface area contributed by atoms with Gasteiger partial charge in [0.15, 0.2) is 6.10 Å². The lowest BCUT2D eigenvalue weighted by Gasteiger charge is -2.29. The Kier molecular flexibility index (Phi) is 4.05. The molecule has 1 aromatic rings. The first-order valence-corrected chi connectivity index (χ1v) is 7.45. The highest BCUT2D eigenvalue weighted by molar-refractivity contribution is 7.89. The molecule has 104 valence electrons. The molecule has 1 unspecified atom stereocenters. The zero-order valence-corrected chi connectivity index (χ0v) is 11.7. The maximum atomic E-state index is 12.5. The van der Waals surface area contributed by atoms with Crippen molar-refractivity contribution >= 4 is 10.0 Å². The predicted molar refractivity (Wildman–Crippen MR) is 70.0 cm³/mol. The van der Waals surface area contributed by atoms with E-state index >= 15 is 0 Å². The Morgan fingerprint density at radius 3 is 2.75 bits per heavy atom. The third-order valence-electron chi connectivity index (χ3n) is 3.13. The number of nitrogens with zero attached hydrogens (tertiary/aromatic N) is 3. The summed E-state index contributed by atoms with van der Waals surface area (Å²) in [5.74, 6) is 0. The molecule has 1 aliphatic rings. The van der Waals surface area contributed by atoms with Gasteiger partial charge < -0.3 is 4.74 Å². The standard InChI is InChI=1S/C13H13N3O3S/c1-10-6-13(3-2-11(10)7-14)20(17,18)16-4-5-19-12(8-15)9-16/h2-3,6,12H,4-5,9H2,1H3. The van der Waals surface area contributed by atoms with Gasteiger partial charge in [-0.2, -0.15) is 14.8 Å². The fourth-order valence-corrected chi connectivity index (χ4v) is 3.50. The monoisotopic (exact) mass is 291 g/mol. The van der Waals surface area contributed by atoms with Gasteiger partial charge in [-0.25, -0.2) is 8.42 Å². The summed E-state index contributed by atoms with van der Waals surface area (Å²) < 4.78 is 31.3. The molecule has 20 heavy (non-hydrogen) atoms. The Hall–Kier alpha value is -1.93. The molecule has 1 fully saturated rings. The highest BCUT2D eigenvalue weighted by Gasteiger charge is 2.30. The number of aryl methyl sites for hydroxylation is 1.